The molecule has 1 aromatic rings. The second-order valence-electron chi connectivity index (χ2n) is 5.37. The molecule has 1 aliphatic heterocycles. The summed E-state index contributed by atoms with van der Waals surface area (Å²) >= 11 is 0. The third kappa shape index (κ3) is 4.66. The number of nitrogens with zero attached hydrogens (tertiary/aromatic N) is 1. The molecule has 1 heterocycles. The van der Waals surface area contributed by atoms with Crippen molar-refractivity contribution in [3.05, 3.63) is 35.4 Å². The fraction of sp³-hybridized carbons (Fsp3) is 0.529. The number of benzene rings is 1. The molecule has 1 N–H and O–H groups in total. The molecule has 110 valence electrons. The maximum atomic E-state index is 5.28. The Hall–Kier alpha value is -1.32. The van der Waals surface area contributed by atoms with E-state index >= 15 is 0 Å². The van der Waals surface area contributed by atoms with Gasteiger partial charge >= 0.3 is 0 Å². The van der Waals surface area contributed by atoms with Crippen LogP contribution in [0.5, 0.6) is 5.75 Å². The van der Waals surface area contributed by atoms with Crippen LogP contribution < -0.4 is 10.1 Å². The first-order valence-electron chi connectivity index (χ1n) is 7.54. The maximum absolute atomic E-state index is 5.28. The topological polar surface area (TPSA) is 24.5 Å². The van der Waals surface area contributed by atoms with Crippen LogP contribution in [0.25, 0.3) is 6.08 Å². The lowest BCUT2D eigenvalue weighted by molar-refractivity contribution is 0.298. The lowest BCUT2D eigenvalue weighted by Gasteiger charge is -2.17. The van der Waals surface area contributed by atoms with Gasteiger partial charge in [0.15, 0.2) is 0 Å². The minimum Gasteiger partial charge on any atom is -0.496 e. The van der Waals surface area contributed by atoms with Crippen LogP contribution in [-0.4, -0.2) is 44.7 Å². The zero-order valence-corrected chi connectivity index (χ0v) is 12.7. The lowest BCUT2D eigenvalue weighted by Crippen LogP contribution is -2.28. The van der Waals surface area contributed by atoms with Crippen LogP contribution in [-0.2, 0) is 0 Å². The predicted octanol–water partition coefficient (Wildman–Crippen LogP) is 2.70. The van der Waals surface area contributed by atoms with Crippen LogP contribution >= 0.6 is 0 Å². The van der Waals surface area contributed by atoms with E-state index in [4.69, 9.17) is 4.74 Å². The highest BCUT2D eigenvalue weighted by Gasteiger charge is 2.06. The SMILES string of the molecule is COc1ccc(/C=C/CCN2CCCNCC2)cc1C. The van der Waals surface area contributed by atoms with Crippen LogP contribution in [0.15, 0.2) is 24.3 Å². The molecular formula is C17H26N2O. The summed E-state index contributed by atoms with van der Waals surface area (Å²) in [7, 11) is 1.72. The Morgan fingerprint density at radius 3 is 3.00 bits per heavy atom. The van der Waals surface area contributed by atoms with E-state index in [1.165, 1.54) is 30.6 Å². The van der Waals surface area contributed by atoms with Gasteiger partial charge in [0.1, 0.15) is 5.75 Å². The molecule has 3 nitrogen and oxygen atoms in total. The Labute approximate surface area is 122 Å². The number of aryl methyl sites for hydroxylation is 1. The second-order valence-corrected chi connectivity index (χ2v) is 5.37. The summed E-state index contributed by atoms with van der Waals surface area (Å²) in [6.45, 7) is 7.94. The predicted molar refractivity (Wildman–Crippen MR) is 85.3 cm³/mol. The average molecular weight is 274 g/mol. The third-order valence-electron chi connectivity index (χ3n) is 3.77. The third-order valence-corrected chi connectivity index (χ3v) is 3.77. The zero-order valence-electron chi connectivity index (χ0n) is 12.7. The molecule has 0 aliphatic carbocycles. The van der Waals surface area contributed by atoms with Crippen LogP contribution in [0.1, 0.15) is 24.0 Å². The first-order valence-corrected chi connectivity index (χ1v) is 7.54. The zero-order chi connectivity index (χ0) is 14.2. The Kier molecular flexibility index (Phi) is 6.09. The van der Waals surface area contributed by atoms with Gasteiger partial charge in [-0.05, 0) is 56.1 Å². The van der Waals surface area contributed by atoms with Crippen LogP contribution in [0.3, 0.4) is 0 Å². The summed E-state index contributed by atoms with van der Waals surface area (Å²) in [4.78, 5) is 2.55. The molecule has 1 aliphatic rings. The second kappa shape index (κ2) is 8.08. The normalized spacial score (nSPS) is 17.3. The first-order chi connectivity index (χ1) is 9.79. The number of hydrogen-bond donors (Lipinski definition) is 1. The molecule has 0 aromatic heterocycles. The van der Waals surface area contributed by atoms with Crippen molar-refractivity contribution in [2.45, 2.75) is 19.8 Å². The molecule has 0 atom stereocenters. The van der Waals surface area contributed by atoms with Gasteiger partial charge in [0, 0.05) is 19.6 Å². The van der Waals surface area contributed by atoms with E-state index < -0.39 is 0 Å². The molecule has 0 bridgehead atoms. The molecule has 1 aromatic carbocycles. The van der Waals surface area contributed by atoms with E-state index in [1.807, 2.05) is 6.07 Å². The van der Waals surface area contributed by atoms with E-state index in [2.05, 4.69) is 41.4 Å². The molecule has 0 amide bonds. The minimum atomic E-state index is 0.958. The molecule has 0 spiro atoms. The summed E-state index contributed by atoms with van der Waals surface area (Å²) in [6.07, 6.45) is 6.87. The highest BCUT2D eigenvalue weighted by atomic mass is 16.5. The van der Waals surface area contributed by atoms with Crippen molar-refractivity contribution >= 4 is 6.08 Å². The van der Waals surface area contributed by atoms with E-state index in [1.54, 1.807) is 7.11 Å². The molecule has 0 saturated carbocycles. The molecule has 1 fully saturated rings. The fourth-order valence-electron chi connectivity index (χ4n) is 2.61. The van der Waals surface area contributed by atoms with E-state index in [0.29, 0.717) is 0 Å². The van der Waals surface area contributed by atoms with Crippen molar-refractivity contribution in [2.75, 3.05) is 39.8 Å². The first kappa shape index (κ1) is 15.1. The Morgan fingerprint density at radius 1 is 1.30 bits per heavy atom. The van der Waals surface area contributed by atoms with Gasteiger partial charge in [-0.2, -0.15) is 0 Å². The van der Waals surface area contributed by atoms with Gasteiger partial charge in [-0.15, -0.1) is 0 Å². The average Bonchev–Trinajstić information content (AvgIpc) is 2.72. The molecule has 1 saturated heterocycles. The largest absolute Gasteiger partial charge is 0.496 e. The Morgan fingerprint density at radius 2 is 2.20 bits per heavy atom. The van der Waals surface area contributed by atoms with E-state index in [0.717, 1.165) is 31.8 Å². The minimum absolute atomic E-state index is 0.958. The van der Waals surface area contributed by atoms with Gasteiger partial charge in [0.2, 0.25) is 0 Å². The molecule has 3 heteroatoms. The van der Waals surface area contributed by atoms with E-state index in [9.17, 15) is 0 Å². The summed E-state index contributed by atoms with van der Waals surface area (Å²) in [5, 5.41) is 3.44. The summed E-state index contributed by atoms with van der Waals surface area (Å²) < 4.78 is 5.28. The van der Waals surface area contributed by atoms with Crippen LogP contribution in [0.2, 0.25) is 0 Å². The van der Waals surface area contributed by atoms with Gasteiger partial charge in [0.05, 0.1) is 7.11 Å². The number of hydrogen-bond acceptors (Lipinski definition) is 3. The summed E-state index contributed by atoms with van der Waals surface area (Å²) in [6, 6.07) is 6.32. The van der Waals surface area contributed by atoms with Gasteiger partial charge in [-0.25, -0.2) is 0 Å². The highest BCUT2D eigenvalue weighted by Crippen LogP contribution is 2.19. The van der Waals surface area contributed by atoms with Gasteiger partial charge < -0.3 is 15.0 Å². The molecule has 2 rings (SSSR count). The van der Waals surface area contributed by atoms with Gasteiger partial charge in [-0.3, -0.25) is 0 Å². The molecule has 20 heavy (non-hydrogen) atoms. The fourth-order valence-corrected chi connectivity index (χ4v) is 2.61. The monoisotopic (exact) mass is 274 g/mol. The van der Waals surface area contributed by atoms with Crippen LogP contribution in [0.4, 0.5) is 0 Å². The van der Waals surface area contributed by atoms with Crippen molar-refractivity contribution in [1.29, 1.82) is 0 Å². The summed E-state index contributed by atoms with van der Waals surface area (Å²) in [5.41, 5.74) is 2.44. The lowest BCUT2D eigenvalue weighted by atomic mass is 10.1. The smallest absolute Gasteiger partial charge is 0.121 e. The number of ether oxygens (including phenoxy) is 1. The van der Waals surface area contributed by atoms with Crippen molar-refractivity contribution in [2.24, 2.45) is 0 Å². The number of rotatable bonds is 5. The maximum Gasteiger partial charge on any atom is 0.121 e. The summed E-state index contributed by atoms with van der Waals surface area (Å²) in [5.74, 6) is 0.958. The van der Waals surface area contributed by atoms with Gasteiger partial charge in [-0.1, -0.05) is 18.2 Å². The molecule has 0 unspecified atom stereocenters. The van der Waals surface area contributed by atoms with Crippen molar-refractivity contribution < 1.29 is 4.74 Å². The van der Waals surface area contributed by atoms with Crippen LogP contribution in [0, 0.1) is 6.92 Å². The highest BCUT2D eigenvalue weighted by molar-refractivity contribution is 5.53. The number of methoxy groups -OCH3 is 1. The van der Waals surface area contributed by atoms with Gasteiger partial charge in [0.25, 0.3) is 0 Å². The molecular weight excluding hydrogens is 248 g/mol. The Balaban J connectivity index is 1.79. The van der Waals surface area contributed by atoms with E-state index in [-0.39, 0.29) is 0 Å². The number of nitrogens with one attached hydrogen (secondary N) is 1. The quantitative estimate of drug-likeness (QED) is 0.893. The Bertz CT molecular complexity index is 435. The molecule has 0 radical (unpaired) electrons. The van der Waals surface area contributed by atoms with Crippen molar-refractivity contribution in [1.82, 2.24) is 10.2 Å². The standard InChI is InChI=1S/C17H26N2O/c1-15-14-16(7-8-17(15)20-2)6-3-4-11-19-12-5-9-18-10-13-19/h3,6-8,14,18H,4-5,9-13H2,1-2H3/b6-3+. The van der Waals surface area contributed by atoms with Crippen molar-refractivity contribution in [3.8, 4) is 5.75 Å². The van der Waals surface area contributed by atoms with Crippen molar-refractivity contribution in [3.63, 3.8) is 0 Å².